The Labute approximate surface area is 149 Å². The van der Waals surface area contributed by atoms with Crippen molar-refractivity contribution in [1.82, 2.24) is 9.55 Å². The van der Waals surface area contributed by atoms with Crippen molar-refractivity contribution in [2.75, 3.05) is 7.11 Å². The van der Waals surface area contributed by atoms with Gasteiger partial charge in [0.15, 0.2) is 5.03 Å². The first-order chi connectivity index (χ1) is 11.7. The highest BCUT2D eigenvalue weighted by atomic mass is 35.5. The third-order valence-electron chi connectivity index (χ3n) is 3.38. The zero-order valence-corrected chi connectivity index (χ0v) is 14.6. The number of rotatable bonds is 5. The molecule has 0 fully saturated rings. The van der Waals surface area contributed by atoms with Crippen LogP contribution in [0.2, 0.25) is 5.15 Å². The van der Waals surface area contributed by atoms with E-state index in [0.717, 1.165) is 16.2 Å². The maximum Gasteiger partial charge on any atom is 0.283 e. The van der Waals surface area contributed by atoms with E-state index in [1.54, 1.807) is 17.9 Å². The van der Waals surface area contributed by atoms with E-state index in [1.807, 2.05) is 54.6 Å². The Morgan fingerprint density at radius 3 is 2.50 bits per heavy atom. The number of halogens is 1. The van der Waals surface area contributed by atoms with Crippen LogP contribution < -0.4 is 10.3 Å². The van der Waals surface area contributed by atoms with Crippen LogP contribution in [-0.4, -0.2) is 16.7 Å². The lowest BCUT2D eigenvalue weighted by Crippen LogP contribution is -2.23. The summed E-state index contributed by atoms with van der Waals surface area (Å²) in [6, 6.07) is 17.2. The highest BCUT2D eigenvalue weighted by Gasteiger charge is 2.10. The lowest BCUT2D eigenvalue weighted by Gasteiger charge is -2.09. The van der Waals surface area contributed by atoms with Crippen molar-refractivity contribution in [2.24, 2.45) is 0 Å². The molecule has 1 aromatic heterocycles. The fourth-order valence-corrected chi connectivity index (χ4v) is 3.31. The zero-order valence-electron chi connectivity index (χ0n) is 13.0. The smallest absolute Gasteiger partial charge is 0.283 e. The second-order valence-corrected chi connectivity index (χ2v) is 6.51. The monoisotopic (exact) mass is 358 g/mol. The van der Waals surface area contributed by atoms with Crippen LogP contribution in [-0.2, 0) is 6.54 Å². The van der Waals surface area contributed by atoms with Gasteiger partial charge in [-0.1, -0.05) is 53.7 Å². The van der Waals surface area contributed by atoms with Gasteiger partial charge in [-0.2, -0.15) is 0 Å². The minimum absolute atomic E-state index is 0.163. The first-order valence-electron chi connectivity index (χ1n) is 7.28. The molecule has 4 nitrogen and oxygen atoms in total. The molecule has 1 heterocycles. The van der Waals surface area contributed by atoms with Gasteiger partial charge in [0, 0.05) is 11.1 Å². The van der Waals surface area contributed by atoms with Crippen molar-refractivity contribution in [2.45, 2.75) is 16.5 Å². The predicted molar refractivity (Wildman–Crippen MR) is 96.2 cm³/mol. The molecule has 6 heteroatoms. The largest absolute Gasteiger partial charge is 0.497 e. The van der Waals surface area contributed by atoms with Crippen LogP contribution in [0.1, 0.15) is 5.56 Å². The van der Waals surface area contributed by atoms with Gasteiger partial charge < -0.3 is 9.30 Å². The normalized spacial score (nSPS) is 10.6. The van der Waals surface area contributed by atoms with Crippen LogP contribution in [0.5, 0.6) is 5.75 Å². The zero-order chi connectivity index (χ0) is 16.9. The maximum atomic E-state index is 12.6. The van der Waals surface area contributed by atoms with Gasteiger partial charge in [-0.05, 0) is 29.8 Å². The van der Waals surface area contributed by atoms with E-state index in [1.165, 1.54) is 11.8 Å². The molecule has 0 aliphatic carbocycles. The number of aromatic nitrogens is 2. The average Bonchev–Trinajstić information content (AvgIpc) is 2.60. The van der Waals surface area contributed by atoms with E-state index in [0.29, 0.717) is 16.7 Å². The molecule has 24 heavy (non-hydrogen) atoms. The molecule has 0 saturated heterocycles. The van der Waals surface area contributed by atoms with Gasteiger partial charge in [-0.15, -0.1) is 0 Å². The molecular formula is C18H15ClN2O2S. The Morgan fingerprint density at radius 1 is 1.12 bits per heavy atom. The lowest BCUT2D eigenvalue weighted by molar-refractivity contribution is 0.414. The van der Waals surface area contributed by atoms with Crippen molar-refractivity contribution in [3.8, 4) is 5.75 Å². The molecule has 0 spiro atoms. The topological polar surface area (TPSA) is 44.1 Å². The Kier molecular flexibility index (Phi) is 5.23. The standard InChI is InChI=1S/C18H15ClN2O2S/c1-23-14-9-7-13(8-10-14)11-21-12-16(19)20-17(18(21)22)24-15-5-3-2-4-6-15/h2-10,12H,11H2,1H3. The van der Waals surface area contributed by atoms with Gasteiger partial charge in [-0.3, -0.25) is 4.79 Å². The molecule has 3 rings (SSSR count). The quantitative estimate of drug-likeness (QED) is 0.688. The Bertz CT molecular complexity index is 880. The van der Waals surface area contributed by atoms with E-state index in [-0.39, 0.29) is 5.56 Å². The van der Waals surface area contributed by atoms with E-state index < -0.39 is 0 Å². The summed E-state index contributed by atoms with van der Waals surface area (Å²) >= 11 is 7.41. The summed E-state index contributed by atoms with van der Waals surface area (Å²) in [5.74, 6) is 0.777. The van der Waals surface area contributed by atoms with Gasteiger partial charge in [0.05, 0.1) is 13.7 Å². The fourth-order valence-electron chi connectivity index (χ4n) is 2.20. The molecule has 0 saturated carbocycles. The van der Waals surface area contributed by atoms with Crippen LogP contribution in [0.25, 0.3) is 0 Å². The molecule has 0 bridgehead atoms. The second-order valence-electron chi connectivity index (χ2n) is 5.07. The minimum Gasteiger partial charge on any atom is -0.497 e. The first kappa shape index (κ1) is 16.6. The molecule has 0 aliphatic rings. The second kappa shape index (κ2) is 7.55. The molecule has 0 N–H and O–H groups in total. The summed E-state index contributed by atoms with van der Waals surface area (Å²) < 4.78 is 6.72. The van der Waals surface area contributed by atoms with Gasteiger partial charge in [0.2, 0.25) is 0 Å². The Balaban J connectivity index is 1.89. The number of methoxy groups -OCH3 is 1. The maximum absolute atomic E-state index is 12.6. The number of benzene rings is 2. The molecule has 0 atom stereocenters. The molecule has 0 amide bonds. The third-order valence-corrected chi connectivity index (χ3v) is 4.53. The molecule has 2 aromatic carbocycles. The van der Waals surface area contributed by atoms with E-state index >= 15 is 0 Å². The van der Waals surface area contributed by atoms with Crippen LogP contribution in [0.15, 0.2) is 75.5 Å². The van der Waals surface area contributed by atoms with Crippen molar-refractivity contribution in [3.05, 3.63) is 81.9 Å². The summed E-state index contributed by atoms with van der Waals surface area (Å²) in [5.41, 5.74) is 0.819. The number of hydrogen-bond donors (Lipinski definition) is 0. The van der Waals surface area contributed by atoms with Crippen LogP contribution >= 0.6 is 23.4 Å². The van der Waals surface area contributed by atoms with E-state index in [9.17, 15) is 4.79 Å². The summed E-state index contributed by atoms with van der Waals surface area (Å²) in [6.07, 6.45) is 1.56. The van der Waals surface area contributed by atoms with Crippen molar-refractivity contribution in [3.63, 3.8) is 0 Å². The van der Waals surface area contributed by atoms with Gasteiger partial charge in [0.25, 0.3) is 5.56 Å². The minimum atomic E-state index is -0.163. The highest BCUT2D eigenvalue weighted by Crippen LogP contribution is 2.24. The van der Waals surface area contributed by atoms with Crippen molar-refractivity contribution in [1.29, 1.82) is 0 Å². The molecular weight excluding hydrogens is 344 g/mol. The molecule has 122 valence electrons. The summed E-state index contributed by atoms with van der Waals surface area (Å²) in [4.78, 5) is 17.8. The third kappa shape index (κ3) is 3.99. The summed E-state index contributed by atoms with van der Waals surface area (Å²) in [5, 5.41) is 0.656. The van der Waals surface area contributed by atoms with Gasteiger partial charge >= 0.3 is 0 Å². The van der Waals surface area contributed by atoms with E-state index in [2.05, 4.69) is 4.98 Å². The van der Waals surface area contributed by atoms with Crippen LogP contribution in [0.4, 0.5) is 0 Å². The Morgan fingerprint density at radius 2 is 1.83 bits per heavy atom. The molecule has 3 aromatic rings. The van der Waals surface area contributed by atoms with E-state index in [4.69, 9.17) is 16.3 Å². The first-order valence-corrected chi connectivity index (χ1v) is 8.48. The number of hydrogen-bond acceptors (Lipinski definition) is 4. The fraction of sp³-hybridized carbons (Fsp3) is 0.111. The summed E-state index contributed by atoms with van der Waals surface area (Å²) in [6.45, 7) is 0.424. The lowest BCUT2D eigenvalue weighted by atomic mass is 10.2. The molecule has 0 unspecified atom stereocenters. The van der Waals surface area contributed by atoms with Crippen LogP contribution in [0, 0.1) is 0 Å². The predicted octanol–water partition coefficient (Wildman–Crippen LogP) is 4.10. The molecule has 0 aliphatic heterocycles. The number of nitrogens with zero attached hydrogens (tertiary/aromatic N) is 2. The van der Waals surface area contributed by atoms with Crippen LogP contribution in [0.3, 0.4) is 0 Å². The SMILES string of the molecule is COc1ccc(Cn2cc(Cl)nc(Sc3ccccc3)c2=O)cc1. The highest BCUT2D eigenvalue weighted by molar-refractivity contribution is 7.99. The Hall–Kier alpha value is -2.24. The van der Waals surface area contributed by atoms with Gasteiger partial charge in [0.1, 0.15) is 10.9 Å². The average molecular weight is 359 g/mol. The van der Waals surface area contributed by atoms with Gasteiger partial charge in [-0.25, -0.2) is 4.98 Å². The van der Waals surface area contributed by atoms with Crippen molar-refractivity contribution < 1.29 is 4.74 Å². The molecule has 0 radical (unpaired) electrons. The summed E-state index contributed by atoms with van der Waals surface area (Å²) in [7, 11) is 1.62. The number of ether oxygens (including phenoxy) is 1. The van der Waals surface area contributed by atoms with Crippen molar-refractivity contribution >= 4 is 23.4 Å².